The second-order valence-electron chi connectivity index (χ2n) is 4.46. The lowest BCUT2D eigenvalue weighted by molar-refractivity contribution is 0.0697. The fourth-order valence-electron chi connectivity index (χ4n) is 1.79. The molecule has 4 heteroatoms. The number of hydrogen-bond acceptors (Lipinski definition) is 3. The lowest BCUT2D eigenvalue weighted by atomic mass is 10.1. The first kappa shape index (κ1) is 13.5. The third-order valence-electron chi connectivity index (χ3n) is 2.57. The first-order valence-corrected chi connectivity index (χ1v) is 5.68. The molecule has 94 valence electrons. The van der Waals surface area contributed by atoms with E-state index in [4.69, 9.17) is 5.11 Å². The standard InChI is InChI=1S/C13H19NO3/c1-8-6-11(13(16)17)4-5-12(8)14-9(2)7-10(3)15/h4-6,9-10,14-15H,7H2,1-3H3,(H,16,17). The molecular weight excluding hydrogens is 218 g/mol. The monoisotopic (exact) mass is 237 g/mol. The van der Waals surface area contributed by atoms with Crippen LogP contribution in [-0.2, 0) is 0 Å². The Morgan fingerprint density at radius 1 is 1.41 bits per heavy atom. The van der Waals surface area contributed by atoms with E-state index >= 15 is 0 Å². The average Bonchev–Trinajstić information content (AvgIpc) is 2.19. The molecule has 0 bridgehead atoms. The topological polar surface area (TPSA) is 69.6 Å². The van der Waals surface area contributed by atoms with Gasteiger partial charge in [0.1, 0.15) is 0 Å². The highest BCUT2D eigenvalue weighted by atomic mass is 16.4. The summed E-state index contributed by atoms with van der Waals surface area (Å²) in [6.45, 7) is 5.60. The normalized spacial score (nSPS) is 14.1. The van der Waals surface area contributed by atoms with Crippen LogP contribution in [0.3, 0.4) is 0 Å². The summed E-state index contributed by atoms with van der Waals surface area (Å²) < 4.78 is 0. The highest BCUT2D eigenvalue weighted by molar-refractivity contribution is 5.88. The van der Waals surface area contributed by atoms with Gasteiger partial charge in [0.2, 0.25) is 0 Å². The largest absolute Gasteiger partial charge is 0.478 e. The second-order valence-corrected chi connectivity index (χ2v) is 4.46. The third-order valence-corrected chi connectivity index (χ3v) is 2.57. The number of nitrogens with one attached hydrogen (secondary N) is 1. The van der Waals surface area contributed by atoms with E-state index in [1.54, 1.807) is 25.1 Å². The molecule has 0 amide bonds. The Morgan fingerprint density at radius 2 is 2.06 bits per heavy atom. The van der Waals surface area contributed by atoms with Gasteiger partial charge >= 0.3 is 5.97 Å². The minimum atomic E-state index is -0.920. The van der Waals surface area contributed by atoms with Crippen molar-refractivity contribution in [1.29, 1.82) is 0 Å². The fraction of sp³-hybridized carbons (Fsp3) is 0.462. The molecule has 0 aliphatic rings. The molecule has 4 nitrogen and oxygen atoms in total. The van der Waals surface area contributed by atoms with Gasteiger partial charge in [0.05, 0.1) is 11.7 Å². The van der Waals surface area contributed by atoms with Crippen LogP contribution in [0.1, 0.15) is 36.2 Å². The van der Waals surface area contributed by atoms with E-state index in [2.05, 4.69) is 5.32 Å². The molecule has 0 aromatic heterocycles. The van der Waals surface area contributed by atoms with E-state index in [9.17, 15) is 9.90 Å². The molecule has 0 saturated heterocycles. The van der Waals surface area contributed by atoms with Crippen LogP contribution in [0.2, 0.25) is 0 Å². The van der Waals surface area contributed by atoms with Crippen LogP contribution in [0, 0.1) is 6.92 Å². The number of anilines is 1. The summed E-state index contributed by atoms with van der Waals surface area (Å²) in [5, 5.41) is 21.4. The number of hydrogen-bond donors (Lipinski definition) is 3. The quantitative estimate of drug-likeness (QED) is 0.734. The van der Waals surface area contributed by atoms with Crippen molar-refractivity contribution in [1.82, 2.24) is 0 Å². The van der Waals surface area contributed by atoms with Crippen molar-refractivity contribution in [3.05, 3.63) is 29.3 Å². The molecule has 17 heavy (non-hydrogen) atoms. The van der Waals surface area contributed by atoms with Crippen LogP contribution in [0.5, 0.6) is 0 Å². The number of carbonyl (C=O) groups is 1. The lowest BCUT2D eigenvalue weighted by Crippen LogP contribution is -2.21. The number of aromatic carboxylic acids is 1. The van der Waals surface area contributed by atoms with Gasteiger partial charge in [-0.15, -0.1) is 0 Å². The molecule has 3 N–H and O–H groups in total. The molecular formula is C13H19NO3. The summed E-state index contributed by atoms with van der Waals surface area (Å²) in [5.74, 6) is -0.920. The van der Waals surface area contributed by atoms with E-state index in [1.807, 2.05) is 13.8 Å². The summed E-state index contributed by atoms with van der Waals surface area (Å²) in [5.41, 5.74) is 2.08. The zero-order valence-electron chi connectivity index (χ0n) is 10.4. The van der Waals surface area contributed by atoms with E-state index < -0.39 is 5.97 Å². The predicted octanol–water partition coefficient (Wildman–Crippen LogP) is 2.26. The molecule has 1 aromatic rings. The van der Waals surface area contributed by atoms with E-state index in [0.717, 1.165) is 11.3 Å². The van der Waals surface area contributed by atoms with Crippen LogP contribution in [0.15, 0.2) is 18.2 Å². The average molecular weight is 237 g/mol. The van der Waals surface area contributed by atoms with Crippen molar-refractivity contribution in [2.24, 2.45) is 0 Å². The molecule has 0 heterocycles. The molecule has 1 aromatic carbocycles. The maximum atomic E-state index is 10.8. The summed E-state index contributed by atoms with van der Waals surface area (Å²) in [6.07, 6.45) is 0.302. The van der Waals surface area contributed by atoms with E-state index in [0.29, 0.717) is 6.42 Å². The zero-order chi connectivity index (χ0) is 13.0. The molecule has 0 saturated carbocycles. The highest BCUT2D eigenvalue weighted by Gasteiger charge is 2.09. The first-order valence-electron chi connectivity index (χ1n) is 5.68. The van der Waals surface area contributed by atoms with Gasteiger partial charge in [0.15, 0.2) is 0 Å². The number of benzene rings is 1. The minimum Gasteiger partial charge on any atom is -0.478 e. The van der Waals surface area contributed by atoms with E-state index in [1.165, 1.54) is 0 Å². The zero-order valence-corrected chi connectivity index (χ0v) is 10.4. The Bertz CT molecular complexity index is 402. The maximum absolute atomic E-state index is 10.8. The Hall–Kier alpha value is -1.55. The first-order chi connectivity index (χ1) is 7.90. The lowest BCUT2D eigenvalue weighted by Gasteiger charge is -2.18. The van der Waals surface area contributed by atoms with Crippen molar-refractivity contribution < 1.29 is 15.0 Å². The Kier molecular flexibility index (Phi) is 4.52. The third kappa shape index (κ3) is 4.07. The van der Waals surface area contributed by atoms with Gasteiger partial charge in [-0.1, -0.05) is 0 Å². The number of carboxylic acids is 1. The van der Waals surface area contributed by atoms with Crippen molar-refractivity contribution in [3.63, 3.8) is 0 Å². The van der Waals surface area contributed by atoms with Crippen molar-refractivity contribution in [3.8, 4) is 0 Å². The number of rotatable bonds is 5. The van der Waals surface area contributed by atoms with Crippen molar-refractivity contribution in [2.45, 2.75) is 39.3 Å². The maximum Gasteiger partial charge on any atom is 0.335 e. The smallest absolute Gasteiger partial charge is 0.335 e. The molecule has 0 aliphatic carbocycles. The van der Waals surface area contributed by atoms with Gasteiger partial charge in [-0.05, 0) is 51.0 Å². The molecule has 0 radical (unpaired) electrons. The minimum absolute atomic E-state index is 0.143. The number of aliphatic hydroxyl groups excluding tert-OH is 1. The summed E-state index contributed by atoms with van der Waals surface area (Å²) in [6, 6.07) is 5.12. The van der Waals surface area contributed by atoms with Gasteiger partial charge < -0.3 is 15.5 Å². The van der Waals surface area contributed by atoms with Gasteiger partial charge in [-0.25, -0.2) is 4.79 Å². The Morgan fingerprint density at radius 3 is 2.53 bits per heavy atom. The molecule has 0 aliphatic heterocycles. The summed E-state index contributed by atoms with van der Waals surface area (Å²) >= 11 is 0. The second kappa shape index (κ2) is 5.68. The Labute approximate surface area is 101 Å². The van der Waals surface area contributed by atoms with Crippen LogP contribution in [0.25, 0.3) is 0 Å². The molecule has 1 rings (SSSR count). The van der Waals surface area contributed by atoms with Gasteiger partial charge in [0, 0.05) is 11.7 Å². The molecule has 2 unspecified atom stereocenters. The highest BCUT2D eigenvalue weighted by Crippen LogP contribution is 2.18. The van der Waals surface area contributed by atoms with E-state index in [-0.39, 0.29) is 17.7 Å². The molecule has 2 atom stereocenters. The summed E-state index contributed by atoms with van der Waals surface area (Å²) in [4.78, 5) is 10.8. The van der Waals surface area contributed by atoms with Crippen LogP contribution in [0.4, 0.5) is 5.69 Å². The van der Waals surface area contributed by atoms with Crippen LogP contribution in [-0.4, -0.2) is 28.3 Å². The summed E-state index contributed by atoms with van der Waals surface area (Å²) in [7, 11) is 0. The van der Waals surface area contributed by atoms with Crippen molar-refractivity contribution in [2.75, 3.05) is 5.32 Å². The van der Waals surface area contributed by atoms with Gasteiger partial charge in [-0.3, -0.25) is 0 Å². The number of aryl methyl sites for hydroxylation is 1. The predicted molar refractivity (Wildman–Crippen MR) is 67.5 cm³/mol. The number of carboxylic acid groups (broad SMARTS) is 1. The number of aliphatic hydroxyl groups is 1. The van der Waals surface area contributed by atoms with Crippen LogP contribution < -0.4 is 5.32 Å². The van der Waals surface area contributed by atoms with Crippen LogP contribution >= 0.6 is 0 Å². The molecule has 0 spiro atoms. The van der Waals surface area contributed by atoms with Gasteiger partial charge in [0.25, 0.3) is 0 Å². The Balaban J connectivity index is 2.75. The SMILES string of the molecule is Cc1cc(C(=O)O)ccc1NC(C)CC(C)O. The molecule has 0 fully saturated rings. The fourth-order valence-corrected chi connectivity index (χ4v) is 1.79. The van der Waals surface area contributed by atoms with Gasteiger partial charge in [-0.2, -0.15) is 0 Å². The van der Waals surface area contributed by atoms with Crippen molar-refractivity contribution >= 4 is 11.7 Å².